The number of carbonyl (C=O) groups excluding carboxylic acids is 1. The van der Waals surface area contributed by atoms with Crippen LogP contribution in [0.15, 0.2) is 4.99 Å². The minimum Gasteiger partial charge on any atom is -0.353 e. The first kappa shape index (κ1) is 26.0. The number of aliphatic imine (C=N–C) groups is 1. The van der Waals surface area contributed by atoms with Crippen LogP contribution in [0.1, 0.15) is 70.6 Å². The fraction of sp³-hybridized carbons (Fsp3) is 0.905. The molecule has 2 atom stereocenters. The van der Waals surface area contributed by atoms with E-state index in [2.05, 4.69) is 15.6 Å². The van der Waals surface area contributed by atoms with Gasteiger partial charge in [0.2, 0.25) is 11.8 Å². The van der Waals surface area contributed by atoms with Gasteiger partial charge in [0.05, 0.1) is 17.9 Å². The molecule has 0 saturated heterocycles. The molecule has 3 saturated carbocycles. The molecule has 0 spiro atoms. The molecule has 0 aliphatic heterocycles. The predicted octanol–water partition coefficient (Wildman–Crippen LogP) is 5.73. The first-order valence-electron chi connectivity index (χ1n) is 11.4. The number of hydrogen-bond donors (Lipinski definition) is 2. The van der Waals surface area contributed by atoms with E-state index in [-0.39, 0.29) is 76.6 Å². The number of hydrogen-bond acceptors (Lipinski definition) is 2. The van der Waals surface area contributed by atoms with E-state index >= 15 is 0 Å². The zero-order chi connectivity index (χ0) is 24.4. The Balaban J connectivity index is 1.63. The molecule has 0 aromatic rings. The lowest BCUT2D eigenvalue weighted by molar-refractivity contribution is -0.184. The van der Waals surface area contributed by atoms with E-state index in [0.29, 0.717) is 0 Å². The lowest BCUT2D eigenvalue weighted by Gasteiger charge is -2.30. The molecule has 0 bridgehead atoms. The number of halogens is 8. The topological polar surface area (TPSA) is 53.5 Å². The molecule has 33 heavy (non-hydrogen) atoms. The molecular weight excluding hydrogens is 462 g/mol. The van der Waals surface area contributed by atoms with Gasteiger partial charge in [0.1, 0.15) is 0 Å². The minimum atomic E-state index is -4.33. The van der Waals surface area contributed by atoms with Crippen molar-refractivity contribution in [2.45, 2.75) is 101 Å². The number of guanidine groups is 1. The summed E-state index contributed by atoms with van der Waals surface area (Å²) < 4.78 is 105. The Hall–Kier alpha value is -1.62. The number of amides is 1. The van der Waals surface area contributed by atoms with Crippen molar-refractivity contribution in [2.75, 3.05) is 0 Å². The number of nitrogens with zero attached hydrogens (tertiary/aromatic N) is 1. The predicted molar refractivity (Wildman–Crippen MR) is 105 cm³/mol. The van der Waals surface area contributed by atoms with Gasteiger partial charge in [-0.05, 0) is 57.8 Å². The lowest BCUT2D eigenvalue weighted by Crippen LogP contribution is -2.48. The smallest absolute Gasteiger partial charge is 0.353 e. The second-order valence-electron chi connectivity index (χ2n) is 9.54. The van der Waals surface area contributed by atoms with Crippen molar-refractivity contribution in [1.82, 2.24) is 10.6 Å². The molecule has 190 valence electrons. The molecule has 0 aromatic heterocycles. The second kappa shape index (κ2) is 9.93. The summed E-state index contributed by atoms with van der Waals surface area (Å²) in [6.45, 7) is 0. The normalized spacial score (nSPS) is 31.9. The monoisotopic (exact) mass is 491 g/mol. The highest BCUT2D eigenvalue weighted by Crippen LogP contribution is 2.40. The highest BCUT2D eigenvalue weighted by molar-refractivity contribution is 5.98. The summed E-state index contributed by atoms with van der Waals surface area (Å²) in [6, 6.07) is -1.12. The van der Waals surface area contributed by atoms with Gasteiger partial charge in [0, 0.05) is 24.8 Å². The Kier molecular flexibility index (Phi) is 7.82. The van der Waals surface area contributed by atoms with Crippen LogP contribution >= 0.6 is 0 Å². The van der Waals surface area contributed by atoms with Gasteiger partial charge in [-0.3, -0.25) is 10.1 Å². The van der Waals surface area contributed by atoms with E-state index in [0.717, 1.165) is 0 Å². The van der Waals surface area contributed by atoms with Crippen molar-refractivity contribution in [1.29, 1.82) is 0 Å². The van der Waals surface area contributed by atoms with Crippen molar-refractivity contribution in [3.05, 3.63) is 0 Å². The Labute approximate surface area is 187 Å². The first-order chi connectivity index (χ1) is 15.2. The summed E-state index contributed by atoms with van der Waals surface area (Å²) >= 11 is 0. The van der Waals surface area contributed by atoms with E-state index in [1.807, 2.05) is 0 Å². The Bertz CT molecular complexity index is 703. The van der Waals surface area contributed by atoms with E-state index < -0.39 is 54.0 Å². The number of carbonyl (C=O) groups is 1. The van der Waals surface area contributed by atoms with Crippen LogP contribution in [0.4, 0.5) is 35.1 Å². The molecule has 2 unspecified atom stereocenters. The fourth-order valence-corrected chi connectivity index (χ4v) is 4.95. The minimum absolute atomic E-state index is 0.0402. The SMILES string of the molecule is O=C(NC(=NC1CCC(F)(F)CC1)NC1CCC(C(F)(F)F)C1)C1CCC(C(F)(F)F)CC1. The Morgan fingerprint density at radius 3 is 1.85 bits per heavy atom. The molecule has 4 nitrogen and oxygen atoms in total. The maximum Gasteiger partial charge on any atom is 0.391 e. The average molecular weight is 491 g/mol. The summed E-state index contributed by atoms with van der Waals surface area (Å²) in [7, 11) is 0. The van der Waals surface area contributed by atoms with Crippen LogP contribution in [0, 0.1) is 17.8 Å². The molecule has 3 aliphatic carbocycles. The third kappa shape index (κ3) is 7.43. The lowest BCUT2D eigenvalue weighted by atomic mass is 9.81. The van der Waals surface area contributed by atoms with Gasteiger partial charge in [-0.1, -0.05) is 0 Å². The number of alkyl halides is 8. The molecule has 2 N–H and O–H groups in total. The van der Waals surface area contributed by atoms with Gasteiger partial charge < -0.3 is 5.32 Å². The van der Waals surface area contributed by atoms with E-state index in [4.69, 9.17) is 0 Å². The highest BCUT2D eigenvalue weighted by Gasteiger charge is 2.45. The van der Waals surface area contributed by atoms with Crippen LogP contribution < -0.4 is 10.6 Å². The zero-order valence-corrected chi connectivity index (χ0v) is 18.0. The summed E-state index contributed by atoms with van der Waals surface area (Å²) in [6.07, 6.45) is -9.57. The van der Waals surface area contributed by atoms with E-state index in [9.17, 15) is 39.9 Å². The molecular formula is C21H29F8N3O. The van der Waals surface area contributed by atoms with Crippen molar-refractivity contribution < 1.29 is 39.9 Å². The number of nitrogens with one attached hydrogen (secondary N) is 2. The molecule has 3 fully saturated rings. The van der Waals surface area contributed by atoms with Crippen LogP contribution in [0.3, 0.4) is 0 Å². The molecule has 3 rings (SSSR count). The first-order valence-corrected chi connectivity index (χ1v) is 11.4. The van der Waals surface area contributed by atoms with Crippen molar-refractivity contribution in [3.8, 4) is 0 Å². The molecule has 0 aromatic carbocycles. The molecule has 12 heteroatoms. The van der Waals surface area contributed by atoms with Crippen LogP contribution in [0.25, 0.3) is 0 Å². The van der Waals surface area contributed by atoms with E-state index in [1.54, 1.807) is 0 Å². The van der Waals surface area contributed by atoms with Crippen LogP contribution in [0.5, 0.6) is 0 Å². The standard InChI is InChI=1S/C21H29F8N3O/c22-19(23)9-7-15(8-10-19)30-18(31-16-6-5-14(11-16)21(27,28)29)32-17(33)12-1-3-13(4-2-12)20(24,25)26/h12-16H,1-11H2,(H2,30,31,32,33). The second-order valence-corrected chi connectivity index (χ2v) is 9.54. The van der Waals surface area contributed by atoms with Crippen molar-refractivity contribution in [3.63, 3.8) is 0 Å². The zero-order valence-electron chi connectivity index (χ0n) is 18.0. The molecule has 1 amide bonds. The maximum atomic E-state index is 13.4. The van der Waals surface area contributed by atoms with Gasteiger partial charge in [0.25, 0.3) is 0 Å². The van der Waals surface area contributed by atoms with Gasteiger partial charge >= 0.3 is 12.4 Å². The summed E-state index contributed by atoms with van der Waals surface area (Å²) in [5.41, 5.74) is 0. The van der Waals surface area contributed by atoms with Gasteiger partial charge in [-0.2, -0.15) is 26.3 Å². The van der Waals surface area contributed by atoms with Crippen LogP contribution in [0.2, 0.25) is 0 Å². The molecule has 0 heterocycles. The Morgan fingerprint density at radius 2 is 1.33 bits per heavy atom. The third-order valence-electron chi connectivity index (χ3n) is 7.04. The van der Waals surface area contributed by atoms with Crippen LogP contribution in [-0.2, 0) is 4.79 Å². The van der Waals surface area contributed by atoms with E-state index in [1.165, 1.54) is 0 Å². The summed E-state index contributed by atoms with van der Waals surface area (Å²) in [5.74, 6) is -7.00. The van der Waals surface area contributed by atoms with Gasteiger partial charge in [0.15, 0.2) is 5.96 Å². The third-order valence-corrected chi connectivity index (χ3v) is 7.04. The largest absolute Gasteiger partial charge is 0.391 e. The van der Waals surface area contributed by atoms with Gasteiger partial charge in [-0.15, -0.1) is 0 Å². The fourth-order valence-electron chi connectivity index (χ4n) is 4.95. The molecule has 0 radical (unpaired) electrons. The maximum absolute atomic E-state index is 13.4. The van der Waals surface area contributed by atoms with Crippen LogP contribution in [-0.4, -0.2) is 42.2 Å². The summed E-state index contributed by atoms with van der Waals surface area (Å²) in [4.78, 5) is 17.0. The average Bonchev–Trinajstić information content (AvgIpc) is 3.18. The number of rotatable bonds is 3. The summed E-state index contributed by atoms with van der Waals surface area (Å²) in [5, 5.41) is 5.38. The quantitative estimate of drug-likeness (QED) is 0.301. The highest BCUT2D eigenvalue weighted by atomic mass is 19.4. The van der Waals surface area contributed by atoms with Crippen molar-refractivity contribution in [2.24, 2.45) is 22.7 Å². The van der Waals surface area contributed by atoms with Crippen molar-refractivity contribution >= 4 is 11.9 Å². The van der Waals surface area contributed by atoms with Gasteiger partial charge in [-0.25, -0.2) is 13.8 Å². The Morgan fingerprint density at radius 1 is 0.788 bits per heavy atom. The molecule has 3 aliphatic rings.